The van der Waals surface area contributed by atoms with Crippen LogP contribution in [0.2, 0.25) is 0 Å². The zero-order chi connectivity index (χ0) is 34.9. The molecule has 2 aliphatic rings. The van der Waals surface area contributed by atoms with Gasteiger partial charge in [0.2, 0.25) is 35.4 Å². The lowest BCUT2D eigenvalue weighted by Gasteiger charge is -2.29. The van der Waals surface area contributed by atoms with Crippen molar-refractivity contribution >= 4 is 35.4 Å². The number of nitrogens with one attached hydrogen (secondary N) is 5. The van der Waals surface area contributed by atoms with E-state index in [-0.39, 0.29) is 62.4 Å². The number of rotatable bonds is 6. The third-order valence-electron chi connectivity index (χ3n) is 8.16. The van der Waals surface area contributed by atoms with Gasteiger partial charge in [0.05, 0.1) is 6.10 Å². The Morgan fingerprint density at radius 1 is 0.957 bits per heavy atom. The maximum atomic E-state index is 13.8. The normalized spacial score (nSPS) is 27.1. The molecule has 0 unspecified atom stereocenters. The van der Waals surface area contributed by atoms with E-state index in [2.05, 4.69) is 26.6 Å². The Morgan fingerprint density at radius 3 is 2.23 bits per heavy atom. The van der Waals surface area contributed by atoms with Crippen LogP contribution in [0.25, 0.3) is 0 Å². The Hall–Kier alpha value is -4.00. The molecule has 0 spiro atoms. The summed E-state index contributed by atoms with van der Waals surface area (Å²) in [5.74, 6) is -3.07. The van der Waals surface area contributed by atoms with Crippen LogP contribution in [0.4, 0.5) is 0 Å². The van der Waals surface area contributed by atoms with Crippen LogP contribution in [-0.2, 0) is 35.2 Å². The Labute approximate surface area is 277 Å². The Balaban J connectivity index is 1.96. The van der Waals surface area contributed by atoms with Gasteiger partial charge in [-0.3, -0.25) is 28.8 Å². The maximum Gasteiger partial charge on any atom is 0.245 e. The van der Waals surface area contributed by atoms with Gasteiger partial charge in [-0.1, -0.05) is 65.0 Å². The molecule has 2 heterocycles. The van der Waals surface area contributed by atoms with Crippen molar-refractivity contribution in [1.29, 1.82) is 0 Å². The second-order valence-electron chi connectivity index (χ2n) is 14.4. The summed E-state index contributed by atoms with van der Waals surface area (Å²) in [6.07, 6.45) is 0.145. The molecule has 13 nitrogen and oxygen atoms in total. The lowest BCUT2D eigenvalue weighted by Crippen LogP contribution is -2.59. The van der Waals surface area contributed by atoms with E-state index < -0.39 is 65.8 Å². The summed E-state index contributed by atoms with van der Waals surface area (Å²) in [6.45, 7) is 11.1. The van der Waals surface area contributed by atoms with Gasteiger partial charge in [0.15, 0.2) is 0 Å². The number of hydrogen-bond donors (Lipinski definition) is 6. The number of carbonyl (C=O) groups is 6. The van der Waals surface area contributed by atoms with Crippen molar-refractivity contribution in [3.63, 3.8) is 0 Å². The van der Waals surface area contributed by atoms with Crippen molar-refractivity contribution in [3.05, 3.63) is 35.9 Å². The summed E-state index contributed by atoms with van der Waals surface area (Å²) in [4.78, 5) is 81.9. The van der Waals surface area contributed by atoms with Crippen LogP contribution in [0.3, 0.4) is 0 Å². The van der Waals surface area contributed by atoms with Gasteiger partial charge in [0.1, 0.15) is 30.2 Å². The van der Waals surface area contributed by atoms with E-state index in [4.69, 9.17) is 0 Å². The molecule has 2 fully saturated rings. The summed E-state index contributed by atoms with van der Waals surface area (Å²) in [5.41, 5.74) is 0.441. The van der Waals surface area contributed by atoms with E-state index in [1.165, 1.54) is 11.8 Å². The van der Waals surface area contributed by atoms with Crippen LogP contribution in [-0.4, -0.2) is 94.9 Å². The molecule has 0 radical (unpaired) electrons. The van der Waals surface area contributed by atoms with E-state index in [0.29, 0.717) is 6.42 Å². The lowest BCUT2D eigenvalue weighted by molar-refractivity contribution is -0.141. The smallest absolute Gasteiger partial charge is 0.245 e. The molecule has 0 aliphatic carbocycles. The summed E-state index contributed by atoms with van der Waals surface area (Å²) in [7, 11) is 0. The van der Waals surface area contributed by atoms with Crippen molar-refractivity contribution in [1.82, 2.24) is 31.5 Å². The zero-order valence-electron chi connectivity index (χ0n) is 28.4. The first-order chi connectivity index (χ1) is 22.0. The molecule has 0 saturated carbocycles. The molecule has 6 amide bonds. The molecule has 1 aromatic carbocycles. The molecule has 0 aromatic heterocycles. The summed E-state index contributed by atoms with van der Waals surface area (Å²) in [5, 5.41) is 24.2. The Morgan fingerprint density at radius 2 is 1.60 bits per heavy atom. The number of carbonyl (C=O) groups excluding carboxylic acids is 6. The molecule has 6 N–H and O–H groups in total. The predicted molar refractivity (Wildman–Crippen MR) is 175 cm³/mol. The van der Waals surface area contributed by atoms with Crippen molar-refractivity contribution < 1.29 is 33.9 Å². The topological polar surface area (TPSA) is 186 Å². The van der Waals surface area contributed by atoms with E-state index >= 15 is 0 Å². The minimum Gasteiger partial charge on any atom is -0.391 e. The first kappa shape index (κ1) is 37.5. The molecule has 13 heteroatoms. The third kappa shape index (κ3) is 11.6. The van der Waals surface area contributed by atoms with E-state index in [1.807, 2.05) is 65.0 Å². The van der Waals surface area contributed by atoms with Crippen LogP contribution in [0.15, 0.2) is 30.3 Å². The van der Waals surface area contributed by atoms with Gasteiger partial charge in [-0.2, -0.15) is 0 Å². The molecule has 3 rings (SSSR count). The molecule has 0 bridgehead atoms. The fraction of sp³-hybridized carbons (Fsp3) is 0.647. The first-order valence-electron chi connectivity index (χ1n) is 16.5. The number of aliphatic hydroxyl groups excluding tert-OH is 1. The van der Waals surface area contributed by atoms with E-state index in [9.17, 15) is 33.9 Å². The van der Waals surface area contributed by atoms with Crippen molar-refractivity contribution in [2.45, 2.75) is 116 Å². The first-order valence-corrected chi connectivity index (χ1v) is 16.5. The number of amides is 6. The zero-order valence-corrected chi connectivity index (χ0v) is 28.4. The third-order valence-corrected chi connectivity index (χ3v) is 8.16. The number of fused-ring (bicyclic) bond motifs is 1. The highest BCUT2D eigenvalue weighted by atomic mass is 16.3. The summed E-state index contributed by atoms with van der Waals surface area (Å²) < 4.78 is 0. The molecule has 6 atom stereocenters. The van der Waals surface area contributed by atoms with Crippen molar-refractivity contribution in [2.24, 2.45) is 11.3 Å². The van der Waals surface area contributed by atoms with Crippen LogP contribution in [0.5, 0.6) is 0 Å². The Bertz CT molecular complexity index is 1280. The fourth-order valence-corrected chi connectivity index (χ4v) is 5.87. The maximum absolute atomic E-state index is 13.8. The van der Waals surface area contributed by atoms with Crippen molar-refractivity contribution in [3.8, 4) is 0 Å². The minimum atomic E-state index is -1.08. The van der Waals surface area contributed by atoms with Gasteiger partial charge in [-0.05, 0) is 43.1 Å². The highest BCUT2D eigenvalue weighted by Gasteiger charge is 2.41. The van der Waals surface area contributed by atoms with Crippen LogP contribution >= 0.6 is 0 Å². The van der Waals surface area contributed by atoms with Gasteiger partial charge in [-0.15, -0.1) is 0 Å². The van der Waals surface area contributed by atoms with Gasteiger partial charge < -0.3 is 36.6 Å². The number of nitrogens with zero attached hydrogens (tertiary/aromatic N) is 1. The number of benzene rings is 1. The minimum absolute atomic E-state index is 0.0127. The average Bonchev–Trinajstić information content (AvgIpc) is 3.37. The molecule has 47 heavy (non-hydrogen) atoms. The highest BCUT2D eigenvalue weighted by Crippen LogP contribution is 2.20. The summed E-state index contributed by atoms with van der Waals surface area (Å²) >= 11 is 0. The Kier molecular flexibility index (Phi) is 13.3. The number of aliphatic hydroxyl groups is 1. The molecule has 2 saturated heterocycles. The van der Waals surface area contributed by atoms with Gasteiger partial charge in [-0.25, -0.2) is 0 Å². The molecule has 1 aromatic rings. The molecule has 260 valence electrons. The second-order valence-corrected chi connectivity index (χ2v) is 14.4. The van der Waals surface area contributed by atoms with E-state index in [0.717, 1.165) is 5.56 Å². The largest absolute Gasteiger partial charge is 0.391 e. The highest BCUT2D eigenvalue weighted by molar-refractivity contribution is 5.96. The lowest BCUT2D eigenvalue weighted by atomic mass is 9.91. The SMILES string of the molecule is CC(C)C[C@@H]1NC(=O)[C@@H](Cc2ccccc2)NC(=O)[C@@H](NC(=O)CC(C)(C)C)CCCNC(=O)[C@@H]2C[C@@H](O)CN2C(=O)[C@H](C)NC1=O. The van der Waals surface area contributed by atoms with Gasteiger partial charge in [0, 0.05) is 32.4 Å². The number of hydrogen-bond acceptors (Lipinski definition) is 7. The quantitative estimate of drug-likeness (QED) is 0.258. The molecular weight excluding hydrogens is 604 g/mol. The van der Waals surface area contributed by atoms with Gasteiger partial charge >= 0.3 is 0 Å². The van der Waals surface area contributed by atoms with Crippen molar-refractivity contribution in [2.75, 3.05) is 13.1 Å². The standard InChI is InChI=1S/C34H52N6O7/c1-20(2)15-25-30(44)36-21(3)33(47)40-19-23(41)17-27(40)32(46)35-14-10-13-24(37-28(42)18-34(4,5)6)29(43)39-26(31(45)38-25)16-22-11-8-7-9-12-22/h7-9,11-12,20-21,23-27,41H,10,13-19H2,1-6H3,(H,35,46)(H,36,44)(H,37,42)(H,38,45)(H,39,43)/t21-,23+,24-,25-,26+,27-/m0/s1. The van der Waals surface area contributed by atoms with E-state index in [1.54, 1.807) is 0 Å². The monoisotopic (exact) mass is 656 g/mol. The summed E-state index contributed by atoms with van der Waals surface area (Å²) in [6, 6.07) is 4.02. The average molecular weight is 657 g/mol. The van der Waals surface area contributed by atoms with Crippen LogP contribution in [0, 0.1) is 11.3 Å². The molecular formula is C34H52N6O7. The van der Waals surface area contributed by atoms with Crippen LogP contribution < -0.4 is 26.6 Å². The molecule has 2 aliphatic heterocycles. The van der Waals surface area contributed by atoms with Gasteiger partial charge in [0.25, 0.3) is 0 Å². The fourth-order valence-electron chi connectivity index (χ4n) is 5.87. The second kappa shape index (κ2) is 16.7. The van der Waals surface area contributed by atoms with Crippen LogP contribution in [0.1, 0.15) is 79.2 Å². The predicted octanol–water partition coefficient (Wildman–Crippen LogP) is 0.542.